The van der Waals surface area contributed by atoms with E-state index in [4.69, 9.17) is 0 Å². The summed E-state index contributed by atoms with van der Waals surface area (Å²) in [6.45, 7) is 3.63. The maximum absolute atomic E-state index is 12.2. The Morgan fingerprint density at radius 2 is 1.57 bits per heavy atom. The number of anilines is 2. The number of halogens is 1. The number of nitrogens with one attached hydrogen (secondary N) is 2. The first-order valence-corrected chi connectivity index (χ1v) is 7.87. The van der Waals surface area contributed by atoms with Gasteiger partial charge in [0.1, 0.15) is 5.75 Å². The summed E-state index contributed by atoms with van der Waals surface area (Å²) in [4.78, 5) is 23.8. The van der Waals surface area contributed by atoms with Gasteiger partial charge < -0.3 is 15.7 Å². The summed E-state index contributed by atoms with van der Waals surface area (Å²) in [7, 11) is 0. The number of hydrogen-bond acceptors (Lipinski definition) is 3. The van der Waals surface area contributed by atoms with Crippen LogP contribution in [0.3, 0.4) is 0 Å². The number of benzene rings is 2. The fourth-order valence-electron chi connectivity index (χ4n) is 1.81. The van der Waals surface area contributed by atoms with Crippen LogP contribution in [0.1, 0.15) is 24.2 Å². The monoisotopic (exact) mass is 376 g/mol. The van der Waals surface area contributed by atoms with Crippen LogP contribution in [0, 0.1) is 5.92 Å². The minimum atomic E-state index is -0.414. The lowest BCUT2D eigenvalue weighted by Crippen LogP contribution is -2.17. The predicted octanol–water partition coefficient (Wildman–Crippen LogP) is 4.00. The summed E-state index contributed by atoms with van der Waals surface area (Å²) in [6, 6.07) is 11.4. The molecule has 0 bridgehead atoms. The molecule has 5 nitrogen and oxygen atoms in total. The van der Waals surface area contributed by atoms with Crippen molar-refractivity contribution in [1.82, 2.24) is 0 Å². The van der Waals surface area contributed by atoms with Crippen LogP contribution in [0.15, 0.2) is 46.9 Å². The zero-order valence-electron chi connectivity index (χ0n) is 12.8. The average Bonchev–Trinajstić information content (AvgIpc) is 2.51. The van der Waals surface area contributed by atoms with Crippen LogP contribution in [-0.4, -0.2) is 16.9 Å². The van der Waals surface area contributed by atoms with E-state index in [0.29, 0.717) is 15.8 Å². The van der Waals surface area contributed by atoms with Gasteiger partial charge in [-0.1, -0.05) is 29.8 Å². The van der Waals surface area contributed by atoms with Crippen LogP contribution in [0.5, 0.6) is 5.75 Å². The highest BCUT2D eigenvalue weighted by Crippen LogP contribution is 2.23. The van der Waals surface area contributed by atoms with Crippen molar-refractivity contribution >= 4 is 39.1 Å². The first-order chi connectivity index (χ1) is 10.9. The van der Waals surface area contributed by atoms with Crippen molar-refractivity contribution in [2.45, 2.75) is 13.8 Å². The lowest BCUT2D eigenvalue weighted by atomic mass is 10.1. The standard InChI is InChI=1S/C17H17BrN2O3/c1-10(2)16(22)19-12-4-6-13(7-5-12)20-17(23)14-9-11(18)3-8-15(14)21/h3-10,21H,1-2H3,(H,19,22)(H,20,23). The van der Waals surface area contributed by atoms with Gasteiger partial charge in [-0.2, -0.15) is 0 Å². The molecule has 0 aliphatic rings. The van der Waals surface area contributed by atoms with Gasteiger partial charge in [-0.05, 0) is 42.5 Å². The Morgan fingerprint density at radius 3 is 2.13 bits per heavy atom. The first kappa shape index (κ1) is 17.0. The summed E-state index contributed by atoms with van der Waals surface area (Å²) < 4.78 is 0.701. The van der Waals surface area contributed by atoms with Crippen molar-refractivity contribution in [3.63, 3.8) is 0 Å². The van der Waals surface area contributed by atoms with E-state index in [0.717, 1.165) is 0 Å². The van der Waals surface area contributed by atoms with E-state index < -0.39 is 5.91 Å². The minimum Gasteiger partial charge on any atom is -0.507 e. The molecule has 0 fully saturated rings. The molecule has 0 aliphatic heterocycles. The smallest absolute Gasteiger partial charge is 0.259 e. The Morgan fingerprint density at radius 1 is 1.00 bits per heavy atom. The van der Waals surface area contributed by atoms with Crippen LogP contribution in [0.2, 0.25) is 0 Å². The van der Waals surface area contributed by atoms with Crippen molar-refractivity contribution in [1.29, 1.82) is 0 Å². The molecule has 0 saturated carbocycles. The van der Waals surface area contributed by atoms with Crippen molar-refractivity contribution in [2.24, 2.45) is 5.92 Å². The third kappa shape index (κ3) is 4.56. The van der Waals surface area contributed by atoms with Gasteiger partial charge in [-0.3, -0.25) is 9.59 Å². The molecule has 2 rings (SSSR count). The lowest BCUT2D eigenvalue weighted by molar-refractivity contribution is -0.118. The fourth-order valence-corrected chi connectivity index (χ4v) is 2.17. The van der Waals surface area contributed by atoms with Crippen molar-refractivity contribution in [2.75, 3.05) is 10.6 Å². The van der Waals surface area contributed by atoms with Crippen LogP contribution in [-0.2, 0) is 4.79 Å². The molecular formula is C17H17BrN2O3. The molecule has 0 aromatic heterocycles. The SMILES string of the molecule is CC(C)C(=O)Nc1ccc(NC(=O)c2cc(Br)ccc2O)cc1. The molecule has 0 atom stereocenters. The lowest BCUT2D eigenvalue weighted by Gasteiger charge is -2.10. The van der Waals surface area contributed by atoms with Gasteiger partial charge >= 0.3 is 0 Å². The number of aromatic hydroxyl groups is 1. The quantitative estimate of drug-likeness (QED) is 0.754. The van der Waals surface area contributed by atoms with Crippen LogP contribution in [0.4, 0.5) is 11.4 Å². The number of rotatable bonds is 4. The van der Waals surface area contributed by atoms with E-state index in [2.05, 4.69) is 26.6 Å². The third-order valence-corrected chi connectivity index (χ3v) is 3.63. The van der Waals surface area contributed by atoms with E-state index >= 15 is 0 Å². The van der Waals surface area contributed by atoms with Gasteiger partial charge in [0, 0.05) is 21.8 Å². The largest absolute Gasteiger partial charge is 0.507 e. The molecule has 0 heterocycles. The molecule has 2 aromatic rings. The van der Waals surface area contributed by atoms with Crippen molar-refractivity contribution in [3.05, 3.63) is 52.5 Å². The van der Waals surface area contributed by atoms with Crippen LogP contribution in [0.25, 0.3) is 0 Å². The summed E-state index contributed by atoms with van der Waals surface area (Å²) in [5, 5.41) is 15.2. The van der Waals surface area contributed by atoms with Crippen LogP contribution >= 0.6 is 15.9 Å². The maximum Gasteiger partial charge on any atom is 0.259 e. The number of phenolic OH excluding ortho intramolecular Hbond substituents is 1. The second-order valence-electron chi connectivity index (χ2n) is 5.34. The normalized spacial score (nSPS) is 10.4. The number of hydrogen-bond donors (Lipinski definition) is 3. The van der Waals surface area contributed by atoms with Gasteiger partial charge in [0.25, 0.3) is 5.91 Å². The highest BCUT2D eigenvalue weighted by atomic mass is 79.9. The van der Waals surface area contributed by atoms with E-state index in [1.54, 1.807) is 36.4 Å². The third-order valence-electron chi connectivity index (χ3n) is 3.14. The number of phenols is 1. The van der Waals surface area contributed by atoms with Gasteiger partial charge in [0.15, 0.2) is 0 Å². The first-order valence-electron chi connectivity index (χ1n) is 7.07. The number of carbonyl (C=O) groups excluding carboxylic acids is 2. The summed E-state index contributed by atoms with van der Waals surface area (Å²) >= 11 is 3.26. The van der Waals surface area contributed by atoms with Crippen molar-refractivity contribution in [3.8, 4) is 5.75 Å². The van der Waals surface area contributed by atoms with Crippen molar-refractivity contribution < 1.29 is 14.7 Å². The molecule has 2 aromatic carbocycles. The molecule has 0 radical (unpaired) electrons. The van der Waals surface area contributed by atoms with Gasteiger partial charge in [0.05, 0.1) is 5.56 Å². The summed E-state index contributed by atoms with van der Waals surface area (Å²) in [6.07, 6.45) is 0. The predicted molar refractivity (Wildman–Crippen MR) is 93.7 cm³/mol. The Kier molecular flexibility index (Phi) is 5.39. The molecule has 3 N–H and O–H groups in total. The molecule has 120 valence electrons. The Balaban J connectivity index is 2.07. The molecule has 23 heavy (non-hydrogen) atoms. The molecular weight excluding hydrogens is 360 g/mol. The van der Waals surface area contributed by atoms with Gasteiger partial charge in [0.2, 0.25) is 5.91 Å². The van der Waals surface area contributed by atoms with E-state index in [9.17, 15) is 14.7 Å². The topological polar surface area (TPSA) is 78.4 Å². The summed E-state index contributed by atoms with van der Waals surface area (Å²) in [5.41, 5.74) is 1.40. The minimum absolute atomic E-state index is 0.0687. The van der Waals surface area contributed by atoms with E-state index in [1.165, 1.54) is 6.07 Å². The van der Waals surface area contributed by atoms with Gasteiger partial charge in [-0.15, -0.1) is 0 Å². The maximum atomic E-state index is 12.2. The second-order valence-corrected chi connectivity index (χ2v) is 6.25. The molecule has 0 spiro atoms. The fraction of sp³-hybridized carbons (Fsp3) is 0.176. The molecule has 2 amide bonds. The Hall–Kier alpha value is -2.34. The van der Waals surface area contributed by atoms with Gasteiger partial charge in [-0.25, -0.2) is 0 Å². The summed E-state index contributed by atoms with van der Waals surface area (Å²) in [5.74, 6) is -0.677. The molecule has 0 unspecified atom stereocenters. The highest BCUT2D eigenvalue weighted by Gasteiger charge is 2.12. The zero-order valence-corrected chi connectivity index (χ0v) is 14.3. The molecule has 6 heteroatoms. The average molecular weight is 377 g/mol. The molecule has 0 saturated heterocycles. The van der Waals surface area contributed by atoms with E-state index in [-0.39, 0.29) is 23.1 Å². The van der Waals surface area contributed by atoms with E-state index in [1.807, 2.05) is 13.8 Å². The van der Waals surface area contributed by atoms with Crippen LogP contribution < -0.4 is 10.6 Å². The highest BCUT2D eigenvalue weighted by molar-refractivity contribution is 9.10. The number of amides is 2. The Labute approximate surface area is 142 Å². The Bertz CT molecular complexity index is 727. The zero-order chi connectivity index (χ0) is 17.0. The molecule has 0 aliphatic carbocycles. The second kappa shape index (κ2) is 7.28. The number of carbonyl (C=O) groups is 2.